The minimum atomic E-state index is 0. The molecule has 0 saturated heterocycles. The van der Waals surface area contributed by atoms with Crippen LogP contribution >= 0.6 is 99.3 Å². The topological polar surface area (TPSA) is 63.0 Å². The summed E-state index contributed by atoms with van der Waals surface area (Å²) in [7, 11) is 0. The monoisotopic (exact) mass is 324 g/mol. The van der Waals surface area contributed by atoms with Crippen LogP contribution in [0.4, 0.5) is 0 Å². The Labute approximate surface area is 110 Å². The molecular weight excluding hydrogens is 316 g/mol. The fourth-order valence-corrected chi connectivity index (χ4v) is 0. The standard InChI is InChI=1S/8ClH.2H2O/h8*1H;2*1H2. The van der Waals surface area contributed by atoms with Gasteiger partial charge in [0.05, 0.1) is 0 Å². The number of hydrogen-bond acceptors (Lipinski definition) is 0. The van der Waals surface area contributed by atoms with E-state index >= 15 is 0 Å². The van der Waals surface area contributed by atoms with Crippen LogP contribution in [0, 0.1) is 0 Å². The van der Waals surface area contributed by atoms with E-state index in [2.05, 4.69) is 0 Å². The summed E-state index contributed by atoms with van der Waals surface area (Å²) in [5.41, 5.74) is 0. The molecule has 0 aromatic carbocycles. The molecule has 0 aliphatic carbocycles. The number of rotatable bonds is 0. The Hall–Kier alpha value is 2.24. The van der Waals surface area contributed by atoms with E-state index in [1.165, 1.54) is 0 Å². The van der Waals surface area contributed by atoms with Gasteiger partial charge in [0.25, 0.3) is 0 Å². The molecule has 0 rings (SSSR count). The van der Waals surface area contributed by atoms with Crippen molar-refractivity contribution in [2.24, 2.45) is 0 Å². The first-order valence-electron chi connectivity index (χ1n) is 0. The summed E-state index contributed by atoms with van der Waals surface area (Å²) in [5.74, 6) is 0. The molecule has 0 aliphatic heterocycles. The highest BCUT2D eigenvalue weighted by Crippen LogP contribution is 0.697. The van der Waals surface area contributed by atoms with E-state index in [0.29, 0.717) is 0 Å². The highest BCUT2D eigenvalue weighted by Gasteiger charge is -0.140. The van der Waals surface area contributed by atoms with Gasteiger partial charge in [0.15, 0.2) is 0 Å². The van der Waals surface area contributed by atoms with Gasteiger partial charge in [-0.25, -0.2) is 0 Å². The molecular formula is H12Cl8O2. The van der Waals surface area contributed by atoms with E-state index in [9.17, 15) is 0 Å². The third kappa shape index (κ3) is 174. The summed E-state index contributed by atoms with van der Waals surface area (Å²) >= 11 is 0. The predicted molar refractivity (Wildman–Crippen MR) is 65.2 cm³/mol. The van der Waals surface area contributed by atoms with Crippen LogP contribution in [0.5, 0.6) is 0 Å². The molecule has 0 heterocycles. The Morgan fingerprint density at radius 1 is 0.200 bits per heavy atom. The molecule has 4 N–H and O–H groups in total. The summed E-state index contributed by atoms with van der Waals surface area (Å²) in [4.78, 5) is 0. The molecule has 0 amide bonds. The van der Waals surface area contributed by atoms with E-state index < -0.39 is 0 Å². The van der Waals surface area contributed by atoms with E-state index in [4.69, 9.17) is 0 Å². The van der Waals surface area contributed by atoms with Gasteiger partial charge in [-0.1, -0.05) is 0 Å². The molecule has 0 radical (unpaired) electrons. The van der Waals surface area contributed by atoms with Crippen molar-refractivity contribution in [2.45, 2.75) is 0 Å². The third-order valence-electron chi connectivity index (χ3n) is 0. The van der Waals surface area contributed by atoms with Gasteiger partial charge in [0, 0.05) is 0 Å². The molecule has 0 aromatic heterocycles. The first-order valence-corrected chi connectivity index (χ1v) is 0. The Kier molecular flexibility index (Phi) is 7240. The summed E-state index contributed by atoms with van der Waals surface area (Å²) < 4.78 is 0. The van der Waals surface area contributed by atoms with Crippen molar-refractivity contribution >= 4 is 99.3 Å². The maximum atomic E-state index is 0. The normalized spacial score (nSPS) is 0. The van der Waals surface area contributed by atoms with E-state index in [1.54, 1.807) is 0 Å². The Morgan fingerprint density at radius 3 is 0.200 bits per heavy atom. The second-order valence-electron chi connectivity index (χ2n) is 0. The number of hydrogen-bond donors (Lipinski definition) is 0. The molecule has 0 spiro atoms. The van der Waals surface area contributed by atoms with Crippen molar-refractivity contribution in [3.8, 4) is 0 Å². The molecule has 0 aliphatic rings. The van der Waals surface area contributed by atoms with Crippen LogP contribution in [0.3, 0.4) is 0 Å². The lowest BCUT2D eigenvalue weighted by molar-refractivity contribution is 0.823. The molecule has 10 heavy (non-hydrogen) atoms. The zero-order valence-corrected chi connectivity index (χ0v) is 10.8. The molecule has 0 bridgehead atoms. The molecule has 0 aromatic rings. The highest BCUT2D eigenvalue weighted by atomic mass is 35.5. The minimum absolute atomic E-state index is 0. The quantitative estimate of drug-likeness (QED) is 0.650. The molecule has 0 fully saturated rings. The van der Waals surface area contributed by atoms with Gasteiger partial charge in [-0.05, 0) is 0 Å². The van der Waals surface area contributed by atoms with Crippen molar-refractivity contribution in [1.29, 1.82) is 0 Å². The average Bonchev–Trinajstić information content (AvgIpc) is 0. The molecule has 0 atom stereocenters. The average molecular weight is 328 g/mol. The second-order valence-corrected chi connectivity index (χ2v) is 0. The summed E-state index contributed by atoms with van der Waals surface area (Å²) in [6.07, 6.45) is 0. The third-order valence-corrected chi connectivity index (χ3v) is 0. The van der Waals surface area contributed by atoms with Crippen molar-refractivity contribution < 1.29 is 11.0 Å². The van der Waals surface area contributed by atoms with E-state index in [-0.39, 0.29) is 110 Å². The Bertz CT molecular complexity index is 7.22. The van der Waals surface area contributed by atoms with Crippen LogP contribution in [0.15, 0.2) is 0 Å². The molecule has 0 saturated carbocycles. The fourth-order valence-electron chi connectivity index (χ4n) is 0. The van der Waals surface area contributed by atoms with Gasteiger partial charge in [0.1, 0.15) is 0 Å². The SMILES string of the molecule is Cl.Cl.Cl.Cl.Cl.Cl.Cl.Cl.O.O. The fraction of sp³-hybridized carbons (Fsp3) is 0. The zero-order chi connectivity index (χ0) is 0. The van der Waals surface area contributed by atoms with E-state index in [1.807, 2.05) is 0 Å². The van der Waals surface area contributed by atoms with Crippen LogP contribution in [0.1, 0.15) is 0 Å². The lowest BCUT2D eigenvalue weighted by Gasteiger charge is -0.413. The van der Waals surface area contributed by atoms with Crippen molar-refractivity contribution in [1.82, 2.24) is 0 Å². The van der Waals surface area contributed by atoms with Crippen molar-refractivity contribution in [3.05, 3.63) is 0 Å². The Balaban J connectivity index is 0. The van der Waals surface area contributed by atoms with Crippen molar-refractivity contribution in [3.63, 3.8) is 0 Å². The first kappa shape index (κ1) is 308. The largest absolute Gasteiger partial charge is 0.412 e. The smallest absolute Gasteiger partial charge is 0.147 e. The van der Waals surface area contributed by atoms with Crippen LogP contribution in [-0.2, 0) is 0 Å². The van der Waals surface area contributed by atoms with Crippen LogP contribution in [-0.4, -0.2) is 11.0 Å². The molecule has 10 heteroatoms. The zero-order valence-electron chi connectivity index (χ0n) is 4.27. The van der Waals surface area contributed by atoms with Crippen LogP contribution in [0.2, 0.25) is 0 Å². The lowest BCUT2D eigenvalue weighted by atomic mass is 16.0. The highest BCUT2D eigenvalue weighted by molar-refractivity contribution is 5.86. The Morgan fingerprint density at radius 2 is 0.200 bits per heavy atom. The van der Waals surface area contributed by atoms with E-state index in [0.717, 1.165) is 0 Å². The lowest BCUT2D eigenvalue weighted by Crippen LogP contribution is -0.290. The first-order chi connectivity index (χ1) is 0. The van der Waals surface area contributed by atoms with Crippen LogP contribution in [0.25, 0.3) is 0 Å². The van der Waals surface area contributed by atoms with Gasteiger partial charge in [0.2, 0.25) is 0 Å². The van der Waals surface area contributed by atoms with Crippen molar-refractivity contribution in [2.75, 3.05) is 0 Å². The maximum absolute atomic E-state index is 0. The molecule has 0 unspecified atom stereocenters. The summed E-state index contributed by atoms with van der Waals surface area (Å²) in [6, 6.07) is 0. The van der Waals surface area contributed by atoms with Gasteiger partial charge in [-0.15, -0.1) is 99.3 Å². The van der Waals surface area contributed by atoms with Crippen LogP contribution < -0.4 is 0 Å². The van der Waals surface area contributed by atoms with Gasteiger partial charge in [-0.2, -0.15) is 0 Å². The molecule has 80 valence electrons. The second kappa shape index (κ2) is 235. The summed E-state index contributed by atoms with van der Waals surface area (Å²) in [5, 5.41) is 0. The predicted octanol–water partition coefficient (Wildman–Crippen LogP) is 1.73. The minimum Gasteiger partial charge on any atom is -0.412 e. The summed E-state index contributed by atoms with van der Waals surface area (Å²) in [6.45, 7) is 0. The van der Waals surface area contributed by atoms with Gasteiger partial charge in [-0.3, -0.25) is 0 Å². The molecule has 2 nitrogen and oxygen atoms in total. The number of halogens is 8. The maximum Gasteiger partial charge on any atom is -0.147 e. The van der Waals surface area contributed by atoms with Gasteiger partial charge >= 0.3 is 0 Å². The van der Waals surface area contributed by atoms with Gasteiger partial charge < -0.3 is 11.0 Å².